The molecule has 7 heteroatoms. The number of nitrogens with zero attached hydrogens (tertiary/aromatic N) is 1. The molecule has 1 rings (SSSR count). The van der Waals surface area contributed by atoms with Crippen molar-refractivity contribution in [2.24, 2.45) is 5.73 Å². The first-order valence-corrected chi connectivity index (χ1v) is 5.41. The standard InChI is InChI=1S/C11H15F2N3O2/c1-2-18-9(17)4-8-7(10(12)13)3-6(5-14)11(15)16-8/h3,10H,2,4-5,14H2,1H3,(H2,15,16). The predicted octanol–water partition coefficient (Wildman–Crippen LogP) is 1.17. The zero-order valence-corrected chi connectivity index (χ0v) is 9.95. The van der Waals surface area contributed by atoms with E-state index in [2.05, 4.69) is 9.72 Å². The highest BCUT2D eigenvalue weighted by molar-refractivity contribution is 5.72. The third-order valence-corrected chi connectivity index (χ3v) is 2.32. The minimum Gasteiger partial charge on any atom is -0.466 e. The number of hydrogen-bond donors (Lipinski definition) is 2. The maximum absolute atomic E-state index is 12.8. The van der Waals surface area contributed by atoms with Crippen molar-refractivity contribution < 1.29 is 18.3 Å². The van der Waals surface area contributed by atoms with Gasteiger partial charge >= 0.3 is 5.97 Å². The molecule has 4 N–H and O–H groups in total. The zero-order valence-electron chi connectivity index (χ0n) is 9.95. The molecule has 0 atom stereocenters. The van der Waals surface area contributed by atoms with Crippen molar-refractivity contribution >= 4 is 11.8 Å². The van der Waals surface area contributed by atoms with E-state index in [1.54, 1.807) is 6.92 Å². The molecular formula is C11H15F2N3O2. The van der Waals surface area contributed by atoms with Crippen LogP contribution in [0.1, 0.15) is 30.2 Å². The number of ether oxygens (including phenoxy) is 1. The lowest BCUT2D eigenvalue weighted by Gasteiger charge is -2.11. The molecule has 0 bridgehead atoms. The van der Waals surface area contributed by atoms with E-state index in [0.717, 1.165) is 0 Å². The minimum atomic E-state index is -2.74. The van der Waals surface area contributed by atoms with Crippen LogP contribution in [0.3, 0.4) is 0 Å². The Morgan fingerprint density at radius 2 is 2.22 bits per heavy atom. The summed E-state index contributed by atoms with van der Waals surface area (Å²) in [6.07, 6.45) is -3.07. The number of esters is 1. The highest BCUT2D eigenvalue weighted by atomic mass is 19.3. The molecule has 1 aromatic heterocycles. The third-order valence-electron chi connectivity index (χ3n) is 2.32. The number of hydrogen-bond acceptors (Lipinski definition) is 5. The van der Waals surface area contributed by atoms with Crippen molar-refractivity contribution in [2.75, 3.05) is 12.3 Å². The van der Waals surface area contributed by atoms with Crippen LogP contribution in [-0.2, 0) is 22.5 Å². The first kappa shape index (κ1) is 14.3. The van der Waals surface area contributed by atoms with E-state index in [-0.39, 0.29) is 36.6 Å². The smallest absolute Gasteiger partial charge is 0.311 e. The number of halogens is 2. The molecular weight excluding hydrogens is 244 g/mol. The van der Waals surface area contributed by atoms with Gasteiger partial charge in [0.15, 0.2) is 0 Å². The van der Waals surface area contributed by atoms with Crippen LogP contribution in [0.2, 0.25) is 0 Å². The van der Waals surface area contributed by atoms with E-state index < -0.39 is 12.4 Å². The van der Waals surface area contributed by atoms with Gasteiger partial charge in [0, 0.05) is 17.7 Å². The van der Waals surface area contributed by atoms with Crippen molar-refractivity contribution in [1.29, 1.82) is 0 Å². The Bertz CT molecular complexity index is 439. The molecule has 1 heterocycles. The summed E-state index contributed by atoms with van der Waals surface area (Å²) in [5.74, 6) is -0.562. The molecule has 0 spiro atoms. The number of carbonyl (C=O) groups excluding carboxylic acids is 1. The van der Waals surface area contributed by atoms with Crippen LogP contribution >= 0.6 is 0 Å². The molecule has 0 saturated carbocycles. The molecule has 5 nitrogen and oxygen atoms in total. The monoisotopic (exact) mass is 259 g/mol. The Morgan fingerprint density at radius 1 is 1.56 bits per heavy atom. The maximum Gasteiger partial charge on any atom is 0.311 e. The van der Waals surface area contributed by atoms with E-state index >= 15 is 0 Å². The lowest BCUT2D eigenvalue weighted by atomic mass is 10.1. The number of aromatic nitrogens is 1. The molecule has 0 aliphatic heterocycles. The zero-order chi connectivity index (χ0) is 13.7. The fraction of sp³-hybridized carbons (Fsp3) is 0.455. The molecule has 0 aromatic carbocycles. The number of pyridine rings is 1. The molecule has 0 fully saturated rings. The van der Waals surface area contributed by atoms with E-state index in [1.165, 1.54) is 6.07 Å². The normalized spacial score (nSPS) is 10.7. The largest absolute Gasteiger partial charge is 0.466 e. The average Bonchev–Trinajstić information content (AvgIpc) is 2.29. The molecule has 18 heavy (non-hydrogen) atoms. The third kappa shape index (κ3) is 3.36. The number of rotatable bonds is 5. The molecule has 0 radical (unpaired) electrons. The highest BCUT2D eigenvalue weighted by Gasteiger charge is 2.19. The highest BCUT2D eigenvalue weighted by Crippen LogP contribution is 2.25. The molecule has 0 unspecified atom stereocenters. The number of nitrogen functional groups attached to an aromatic ring is 1. The Hall–Kier alpha value is -1.76. The van der Waals surface area contributed by atoms with Crippen molar-refractivity contribution in [1.82, 2.24) is 4.98 Å². The van der Waals surface area contributed by atoms with Gasteiger partial charge in [-0.05, 0) is 13.0 Å². The van der Waals surface area contributed by atoms with Gasteiger partial charge in [-0.3, -0.25) is 4.79 Å². The summed E-state index contributed by atoms with van der Waals surface area (Å²) in [7, 11) is 0. The van der Waals surface area contributed by atoms with Crippen LogP contribution < -0.4 is 11.5 Å². The van der Waals surface area contributed by atoms with Crippen LogP contribution in [0.4, 0.5) is 14.6 Å². The maximum atomic E-state index is 12.8. The van der Waals surface area contributed by atoms with Crippen LogP contribution in [-0.4, -0.2) is 17.6 Å². The predicted molar refractivity (Wildman–Crippen MR) is 61.8 cm³/mol. The summed E-state index contributed by atoms with van der Waals surface area (Å²) in [4.78, 5) is 15.1. The van der Waals surface area contributed by atoms with Gasteiger partial charge in [-0.2, -0.15) is 0 Å². The molecule has 0 saturated heterocycles. The summed E-state index contributed by atoms with van der Waals surface area (Å²) >= 11 is 0. The van der Waals surface area contributed by atoms with Crippen LogP contribution in [0.25, 0.3) is 0 Å². The molecule has 1 aromatic rings. The minimum absolute atomic E-state index is 0.0121. The van der Waals surface area contributed by atoms with Gasteiger partial charge in [0.05, 0.1) is 18.7 Å². The fourth-order valence-corrected chi connectivity index (χ4v) is 1.47. The van der Waals surface area contributed by atoms with Crippen molar-refractivity contribution in [3.8, 4) is 0 Å². The van der Waals surface area contributed by atoms with Gasteiger partial charge in [0.1, 0.15) is 5.82 Å². The summed E-state index contributed by atoms with van der Waals surface area (Å²) < 4.78 is 30.4. The number of alkyl halides is 2. The van der Waals surface area contributed by atoms with Gasteiger partial charge in [-0.25, -0.2) is 13.8 Å². The Labute approximate surface area is 103 Å². The SMILES string of the molecule is CCOC(=O)Cc1nc(N)c(CN)cc1C(F)F. The summed E-state index contributed by atoms with van der Waals surface area (Å²) in [6, 6.07) is 1.18. The van der Waals surface area contributed by atoms with Gasteiger partial charge in [0.25, 0.3) is 6.43 Å². The summed E-state index contributed by atoms with van der Waals surface area (Å²) in [6.45, 7) is 1.82. The second-order valence-corrected chi connectivity index (χ2v) is 3.56. The van der Waals surface area contributed by atoms with Crippen LogP contribution in [0.5, 0.6) is 0 Å². The van der Waals surface area contributed by atoms with E-state index in [0.29, 0.717) is 5.56 Å². The summed E-state index contributed by atoms with van der Waals surface area (Å²) in [5.41, 5.74) is 10.8. The first-order valence-electron chi connectivity index (χ1n) is 5.41. The second-order valence-electron chi connectivity index (χ2n) is 3.56. The van der Waals surface area contributed by atoms with Gasteiger partial charge in [0.2, 0.25) is 0 Å². The molecule has 0 aliphatic rings. The van der Waals surface area contributed by atoms with Gasteiger partial charge in [-0.1, -0.05) is 0 Å². The Kier molecular flexibility index (Phi) is 4.96. The first-order chi connectivity index (χ1) is 8.49. The summed E-state index contributed by atoms with van der Waals surface area (Å²) in [5, 5.41) is 0. The van der Waals surface area contributed by atoms with Crippen molar-refractivity contribution in [3.05, 3.63) is 22.9 Å². The van der Waals surface area contributed by atoms with Gasteiger partial charge in [-0.15, -0.1) is 0 Å². The van der Waals surface area contributed by atoms with E-state index in [9.17, 15) is 13.6 Å². The average molecular weight is 259 g/mol. The number of carbonyl (C=O) groups is 1. The topological polar surface area (TPSA) is 91.2 Å². The van der Waals surface area contributed by atoms with Crippen molar-refractivity contribution in [3.63, 3.8) is 0 Å². The van der Waals surface area contributed by atoms with Crippen molar-refractivity contribution in [2.45, 2.75) is 26.3 Å². The Balaban J connectivity index is 3.09. The van der Waals surface area contributed by atoms with E-state index in [1.807, 2.05) is 0 Å². The van der Waals surface area contributed by atoms with Crippen LogP contribution in [0.15, 0.2) is 6.07 Å². The molecule has 100 valence electrons. The fourth-order valence-electron chi connectivity index (χ4n) is 1.47. The number of nitrogens with two attached hydrogens (primary N) is 2. The lowest BCUT2D eigenvalue weighted by molar-refractivity contribution is -0.142. The molecule has 0 aliphatic carbocycles. The second kappa shape index (κ2) is 6.25. The molecule has 0 amide bonds. The number of anilines is 1. The quantitative estimate of drug-likeness (QED) is 0.774. The van der Waals surface area contributed by atoms with Crippen LogP contribution in [0, 0.1) is 0 Å². The van der Waals surface area contributed by atoms with E-state index in [4.69, 9.17) is 11.5 Å². The Morgan fingerprint density at radius 3 is 2.72 bits per heavy atom. The van der Waals surface area contributed by atoms with Gasteiger partial charge < -0.3 is 16.2 Å². The lowest BCUT2D eigenvalue weighted by Crippen LogP contribution is -2.14.